The van der Waals surface area contributed by atoms with Crippen molar-refractivity contribution in [3.8, 4) is 0 Å². The van der Waals surface area contributed by atoms with E-state index in [4.69, 9.17) is 19.7 Å². The molecule has 0 aromatic rings. The molecule has 5 nitrogen and oxygen atoms in total. The first-order valence-electron chi connectivity index (χ1n) is 6.68. The first-order chi connectivity index (χ1) is 9.01. The fraction of sp³-hybridized carbons (Fsp3) is 1.00. The third-order valence-electron chi connectivity index (χ3n) is 3.47. The van der Waals surface area contributed by atoms with Crippen LogP contribution >= 0.6 is 15.9 Å². The van der Waals surface area contributed by atoms with Gasteiger partial charge in [-0.3, -0.25) is 0 Å². The number of halogens is 1. The van der Waals surface area contributed by atoms with Gasteiger partial charge in [-0.15, -0.1) is 0 Å². The van der Waals surface area contributed by atoms with Crippen molar-refractivity contribution in [2.45, 2.75) is 19.9 Å². The molecule has 0 aliphatic carbocycles. The molecule has 0 unspecified atom stereocenters. The van der Waals surface area contributed by atoms with Crippen LogP contribution in [0.15, 0.2) is 0 Å². The fourth-order valence-electron chi connectivity index (χ4n) is 1.66. The molecule has 0 bridgehead atoms. The number of nitrogens with one attached hydrogen (secondary N) is 1. The third-order valence-corrected chi connectivity index (χ3v) is 4.66. The summed E-state index contributed by atoms with van der Waals surface area (Å²) in [7, 11) is 0. The predicted molar refractivity (Wildman–Crippen MR) is 77.6 cm³/mol. The molecule has 2 rings (SSSR count). The second kappa shape index (κ2) is 7.90. The molecule has 2 saturated heterocycles. The van der Waals surface area contributed by atoms with Crippen molar-refractivity contribution >= 4 is 15.9 Å². The lowest BCUT2D eigenvalue weighted by Crippen LogP contribution is -2.53. The average Bonchev–Trinajstić information content (AvgIpc) is 2.29. The Morgan fingerprint density at radius 2 is 1.53 bits per heavy atom. The van der Waals surface area contributed by atoms with Gasteiger partial charge < -0.3 is 25.0 Å². The number of aliphatic hydroxyl groups excluding tert-OH is 2. The summed E-state index contributed by atoms with van der Waals surface area (Å²) in [6, 6.07) is 0.485. The SMILES string of the molecule is CC(C)NCC1(CO)COC1.OCC1(CBr)COC1. The second-order valence-electron chi connectivity index (χ2n) is 5.97. The van der Waals surface area contributed by atoms with E-state index >= 15 is 0 Å². The molecule has 2 aliphatic heterocycles. The average molecular weight is 340 g/mol. The van der Waals surface area contributed by atoms with E-state index in [-0.39, 0.29) is 24.0 Å². The van der Waals surface area contributed by atoms with Crippen LogP contribution in [-0.4, -0.2) is 67.8 Å². The fourth-order valence-corrected chi connectivity index (χ4v) is 2.16. The second-order valence-corrected chi connectivity index (χ2v) is 6.53. The zero-order chi connectivity index (χ0) is 14.4. The zero-order valence-corrected chi connectivity index (χ0v) is 13.4. The van der Waals surface area contributed by atoms with Crippen molar-refractivity contribution < 1.29 is 19.7 Å². The van der Waals surface area contributed by atoms with Gasteiger partial charge in [0.25, 0.3) is 0 Å². The molecule has 2 fully saturated rings. The van der Waals surface area contributed by atoms with Crippen LogP contribution in [0.4, 0.5) is 0 Å². The van der Waals surface area contributed by atoms with Crippen molar-refractivity contribution in [3.05, 3.63) is 0 Å². The Labute approximate surface area is 123 Å². The van der Waals surface area contributed by atoms with Crippen LogP contribution in [0, 0.1) is 10.8 Å². The van der Waals surface area contributed by atoms with E-state index in [2.05, 4.69) is 35.1 Å². The Bertz CT molecular complexity index is 236. The Kier molecular flexibility index (Phi) is 7.21. The Morgan fingerprint density at radius 1 is 1.05 bits per heavy atom. The summed E-state index contributed by atoms with van der Waals surface area (Å²) >= 11 is 3.30. The summed E-state index contributed by atoms with van der Waals surface area (Å²) in [6.45, 7) is 8.33. The van der Waals surface area contributed by atoms with Crippen molar-refractivity contribution in [1.82, 2.24) is 5.32 Å². The van der Waals surface area contributed by atoms with Gasteiger partial charge in [0.2, 0.25) is 0 Å². The maximum atomic E-state index is 9.03. The topological polar surface area (TPSA) is 71.0 Å². The van der Waals surface area contributed by atoms with Gasteiger partial charge in [0.05, 0.1) is 45.1 Å². The molecule has 0 amide bonds. The largest absolute Gasteiger partial charge is 0.396 e. The minimum atomic E-state index is 0.0181. The summed E-state index contributed by atoms with van der Waals surface area (Å²) in [6.07, 6.45) is 0. The van der Waals surface area contributed by atoms with E-state index in [1.807, 2.05) is 0 Å². The highest BCUT2D eigenvalue weighted by atomic mass is 79.9. The van der Waals surface area contributed by atoms with Crippen LogP contribution in [0.5, 0.6) is 0 Å². The van der Waals surface area contributed by atoms with E-state index in [9.17, 15) is 0 Å². The molecule has 2 aliphatic rings. The van der Waals surface area contributed by atoms with E-state index < -0.39 is 0 Å². The summed E-state index contributed by atoms with van der Waals surface area (Å²) < 4.78 is 9.99. The molecule has 19 heavy (non-hydrogen) atoms. The predicted octanol–water partition coefficient (Wildman–Crippen LogP) is 0.384. The van der Waals surface area contributed by atoms with Crippen LogP contribution < -0.4 is 5.32 Å². The smallest absolute Gasteiger partial charge is 0.0579 e. The van der Waals surface area contributed by atoms with E-state index in [0.29, 0.717) is 32.5 Å². The van der Waals surface area contributed by atoms with Crippen LogP contribution in [0.3, 0.4) is 0 Å². The molecular weight excluding hydrogens is 314 g/mol. The van der Waals surface area contributed by atoms with Gasteiger partial charge in [-0.2, -0.15) is 0 Å². The van der Waals surface area contributed by atoms with Crippen molar-refractivity contribution in [3.63, 3.8) is 0 Å². The third kappa shape index (κ3) is 4.95. The highest BCUT2D eigenvalue weighted by Gasteiger charge is 2.37. The lowest BCUT2D eigenvalue weighted by atomic mass is 9.87. The summed E-state index contributed by atoms with van der Waals surface area (Å²) in [5.74, 6) is 0. The monoisotopic (exact) mass is 339 g/mol. The highest BCUT2D eigenvalue weighted by molar-refractivity contribution is 9.09. The van der Waals surface area contributed by atoms with Gasteiger partial charge in [-0.05, 0) is 0 Å². The summed E-state index contributed by atoms with van der Waals surface area (Å²) in [5.41, 5.74) is 0.0737. The molecule has 0 atom stereocenters. The molecule has 0 radical (unpaired) electrons. The molecule has 0 aromatic heterocycles. The molecular formula is C13H26BrNO4. The molecule has 3 N–H and O–H groups in total. The Balaban J connectivity index is 0.000000200. The quantitative estimate of drug-likeness (QED) is 0.610. The maximum absolute atomic E-state index is 9.03. The molecule has 6 heteroatoms. The number of hydrogen-bond donors (Lipinski definition) is 3. The number of hydrogen-bond acceptors (Lipinski definition) is 5. The minimum Gasteiger partial charge on any atom is -0.396 e. The maximum Gasteiger partial charge on any atom is 0.0579 e. The molecule has 0 saturated carbocycles. The normalized spacial score (nSPS) is 23.1. The summed E-state index contributed by atoms with van der Waals surface area (Å²) in [5, 5.41) is 21.9. The summed E-state index contributed by atoms with van der Waals surface area (Å²) in [4.78, 5) is 0. The van der Waals surface area contributed by atoms with Gasteiger partial charge in [-0.1, -0.05) is 29.8 Å². The minimum absolute atomic E-state index is 0.0181. The van der Waals surface area contributed by atoms with Gasteiger partial charge in [0.1, 0.15) is 0 Å². The molecule has 0 aromatic carbocycles. The van der Waals surface area contributed by atoms with E-state index in [1.54, 1.807) is 0 Å². The standard InChI is InChI=1S/C8H17NO2.C5H9BrO2/c1-7(2)9-3-8(4-10)5-11-6-8;6-1-5(2-7)3-8-4-5/h7,9-10H,3-6H2,1-2H3;7H,1-4H2. The van der Waals surface area contributed by atoms with Gasteiger partial charge in [0, 0.05) is 23.3 Å². The van der Waals surface area contributed by atoms with Gasteiger partial charge >= 0.3 is 0 Å². The van der Waals surface area contributed by atoms with Crippen molar-refractivity contribution in [2.75, 3.05) is 51.5 Å². The van der Waals surface area contributed by atoms with Crippen LogP contribution in [0.1, 0.15) is 13.8 Å². The van der Waals surface area contributed by atoms with Crippen molar-refractivity contribution in [2.24, 2.45) is 10.8 Å². The Hall–Kier alpha value is 0.280. The Morgan fingerprint density at radius 3 is 1.68 bits per heavy atom. The lowest BCUT2D eigenvalue weighted by molar-refractivity contribution is -0.134. The number of alkyl halides is 1. The molecule has 2 heterocycles. The van der Waals surface area contributed by atoms with Gasteiger partial charge in [-0.25, -0.2) is 0 Å². The van der Waals surface area contributed by atoms with Crippen LogP contribution in [-0.2, 0) is 9.47 Å². The van der Waals surface area contributed by atoms with Gasteiger partial charge in [0.15, 0.2) is 0 Å². The first-order valence-corrected chi connectivity index (χ1v) is 7.80. The first kappa shape index (κ1) is 17.3. The van der Waals surface area contributed by atoms with Crippen LogP contribution in [0.25, 0.3) is 0 Å². The van der Waals surface area contributed by atoms with E-state index in [0.717, 1.165) is 11.9 Å². The van der Waals surface area contributed by atoms with E-state index in [1.165, 1.54) is 0 Å². The number of aliphatic hydroxyl groups is 2. The van der Waals surface area contributed by atoms with Crippen molar-refractivity contribution in [1.29, 1.82) is 0 Å². The molecule has 114 valence electrons. The zero-order valence-electron chi connectivity index (χ0n) is 11.8. The molecule has 0 spiro atoms. The van der Waals surface area contributed by atoms with Crippen LogP contribution in [0.2, 0.25) is 0 Å². The number of ether oxygens (including phenoxy) is 2. The highest BCUT2D eigenvalue weighted by Crippen LogP contribution is 2.28. The lowest BCUT2D eigenvalue weighted by Gasteiger charge is -2.40. The number of rotatable bonds is 6.